The minimum Gasteiger partial charge on any atom is -0.313 e. The van der Waals surface area contributed by atoms with Crippen molar-refractivity contribution in [1.82, 2.24) is 5.32 Å². The molecule has 3 nitrogen and oxygen atoms in total. The zero-order chi connectivity index (χ0) is 15.4. The van der Waals surface area contributed by atoms with Crippen molar-refractivity contribution in [3.05, 3.63) is 29.8 Å². The van der Waals surface area contributed by atoms with Crippen LogP contribution in [0.15, 0.2) is 29.2 Å². The number of sulfone groups is 1. The maximum absolute atomic E-state index is 12.1. The Bertz CT molecular complexity index is 541. The van der Waals surface area contributed by atoms with E-state index in [4.69, 9.17) is 0 Å². The zero-order valence-electron chi connectivity index (χ0n) is 11.4. The number of benzene rings is 1. The number of hydrogen-bond donors (Lipinski definition) is 1. The van der Waals surface area contributed by atoms with Crippen molar-refractivity contribution < 1.29 is 21.6 Å². The van der Waals surface area contributed by atoms with E-state index in [1.807, 2.05) is 0 Å². The molecule has 0 fully saturated rings. The summed E-state index contributed by atoms with van der Waals surface area (Å²) in [5.41, 5.74) is 0.678. The first-order valence-corrected chi connectivity index (χ1v) is 8.06. The lowest BCUT2D eigenvalue weighted by atomic mass is 10.0. The lowest BCUT2D eigenvalue weighted by Gasteiger charge is -2.17. The van der Waals surface area contributed by atoms with Gasteiger partial charge in [0.05, 0.1) is 4.90 Å². The molecule has 1 rings (SSSR count). The van der Waals surface area contributed by atoms with Gasteiger partial charge in [0.25, 0.3) is 0 Å². The first-order valence-electron chi connectivity index (χ1n) is 6.17. The fraction of sp³-hybridized carbons (Fsp3) is 0.538. The lowest BCUT2D eigenvalue weighted by Crippen LogP contribution is -2.18. The van der Waals surface area contributed by atoms with Crippen LogP contribution in [0.1, 0.15) is 30.9 Å². The first-order chi connectivity index (χ1) is 9.13. The molecule has 7 heteroatoms. The predicted octanol–water partition coefficient (Wildman–Crippen LogP) is 3.08. The highest BCUT2D eigenvalue weighted by Gasteiger charge is 2.26. The Hall–Kier alpha value is -1.08. The van der Waals surface area contributed by atoms with Crippen LogP contribution in [0.2, 0.25) is 0 Å². The Morgan fingerprint density at radius 2 is 1.95 bits per heavy atom. The topological polar surface area (TPSA) is 46.2 Å². The summed E-state index contributed by atoms with van der Waals surface area (Å²) in [6.45, 7) is 0. The Morgan fingerprint density at radius 1 is 1.30 bits per heavy atom. The van der Waals surface area contributed by atoms with Crippen LogP contribution in [0.5, 0.6) is 0 Å². The summed E-state index contributed by atoms with van der Waals surface area (Å²) in [4.78, 5) is 0.172. The highest BCUT2D eigenvalue weighted by molar-refractivity contribution is 7.90. The Balaban J connectivity index is 2.80. The molecule has 1 aromatic carbocycles. The van der Waals surface area contributed by atoms with Crippen LogP contribution < -0.4 is 5.32 Å². The molecule has 0 saturated heterocycles. The fourth-order valence-corrected chi connectivity index (χ4v) is 2.62. The summed E-state index contributed by atoms with van der Waals surface area (Å²) < 4.78 is 59.3. The lowest BCUT2D eigenvalue weighted by molar-refractivity contribution is -0.135. The summed E-state index contributed by atoms with van der Waals surface area (Å²) in [6, 6.07) is 5.99. The quantitative estimate of drug-likeness (QED) is 0.878. The van der Waals surface area contributed by atoms with Crippen LogP contribution in [0.4, 0.5) is 13.2 Å². The summed E-state index contributed by atoms with van der Waals surface area (Å²) >= 11 is 0. The van der Waals surface area contributed by atoms with Gasteiger partial charge in [0.1, 0.15) is 0 Å². The normalized spacial score (nSPS) is 14.2. The molecule has 0 saturated carbocycles. The van der Waals surface area contributed by atoms with Crippen LogP contribution in [0, 0.1) is 0 Å². The molecular formula is C13H18F3NO2S. The molecule has 1 aromatic rings. The van der Waals surface area contributed by atoms with Gasteiger partial charge in [-0.1, -0.05) is 12.1 Å². The molecule has 0 amide bonds. The predicted molar refractivity (Wildman–Crippen MR) is 71.3 cm³/mol. The van der Waals surface area contributed by atoms with E-state index >= 15 is 0 Å². The molecule has 0 bridgehead atoms. The SMILES string of the molecule is CNC(CCCC(F)(F)F)c1cccc(S(C)(=O)=O)c1. The van der Waals surface area contributed by atoms with Gasteiger partial charge in [0.2, 0.25) is 0 Å². The van der Waals surface area contributed by atoms with Gasteiger partial charge in [-0.2, -0.15) is 13.2 Å². The third-order valence-electron chi connectivity index (χ3n) is 2.99. The second kappa shape index (κ2) is 6.58. The van der Waals surface area contributed by atoms with Crippen LogP contribution in [-0.4, -0.2) is 27.9 Å². The second-order valence-corrected chi connectivity index (χ2v) is 6.71. The van der Waals surface area contributed by atoms with E-state index in [-0.39, 0.29) is 17.4 Å². The van der Waals surface area contributed by atoms with Crippen LogP contribution in [0.25, 0.3) is 0 Å². The van der Waals surface area contributed by atoms with E-state index in [1.54, 1.807) is 19.2 Å². The van der Waals surface area contributed by atoms with E-state index < -0.39 is 22.4 Å². The van der Waals surface area contributed by atoms with Crippen molar-refractivity contribution in [1.29, 1.82) is 0 Å². The minimum absolute atomic E-state index is 0.00188. The molecule has 20 heavy (non-hydrogen) atoms. The zero-order valence-corrected chi connectivity index (χ0v) is 12.2. The van der Waals surface area contributed by atoms with Crippen molar-refractivity contribution in [2.45, 2.75) is 36.4 Å². The molecule has 0 aromatic heterocycles. The maximum Gasteiger partial charge on any atom is 0.389 e. The van der Waals surface area contributed by atoms with E-state index in [2.05, 4.69) is 5.32 Å². The standard InChI is InChI=1S/C13H18F3NO2S/c1-17-12(7-4-8-13(14,15)16)10-5-3-6-11(9-10)20(2,18)19/h3,5-6,9,12,17H,4,7-8H2,1-2H3. The van der Waals surface area contributed by atoms with E-state index in [1.165, 1.54) is 12.1 Å². The molecule has 0 spiro atoms. The molecule has 0 heterocycles. The molecule has 0 aliphatic carbocycles. The van der Waals surface area contributed by atoms with Gasteiger partial charge in [-0.05, 0) is 37.6 Å². The van der Waals surface area contributed by atoms with Crippen LogP contribution in [-0.2, 0) is 9.84 Å². The van der Waals surface area contributed by atoms with Crippen LogP contribution >= 0.6 is 0 Å². The van der Waals surface area contributed by atoms with Crippen molar-refractivity contribution >= 4 is 9.84 Å². The molecule has 1 atom stereocenters. The monoisotopic (exact) mass is 309 g/mol. The number of alkyl halides is 3. The molecule has 1 unspecified atom stereocenters. The second-order valence-electron chi connectivity index (χ2n) is 4.69. The first kappa shape index (κ1) is 17.0. The van der Waals surface area contributed by atoms with Gasteiger partial charge in [-0.3, -0.25) is 0 Å². The van der Waals surface area contributed by atoms with Gasteiger partial charge in [-0.15, -0.1) is 0 Å². The largest absolute Gasteiger partial charge is 0.389 e. The van der Waals surface area contributed by atoms with Gasteiger partial charge in [0, 0.05) is 18.7 Å². The molecule has 1 N–H and O–H groups in total. The number of nitrogens with one attached hydrogen (secondary N) is 1. The average molecular weight is 309 g/mol. The molecule has 114 valence electrons. The summed E-state index contributed by atoms with van der Waals surface area (Å²) in [6.07, 6.45) is -3.60. The van der Waals surface area contributed by atoms with Gasteiger partial charge < -0.3 is 5.32 Å². The smallest absolute Gasteiger partial charge is 0.313 e. The number of hydrogen-bond acceptors (Lipinski definition) is 3. The third-order valence-corrected chi connectivity index (χ3v) is 4.10. The highest BCUT2D eigenvalue weighted by atomic mass is 32.2. The summed E-state index contributed by atoms with van der Waals surface area (Å²) in [7, 11) is -1.67. The van der Waals surface area contributed by atoms with Crippen molar-refractivity contribution in [2.75, 3.05) is 13.3 Å². The number of halogens is 3. The highest BCUT2D eigenvalue weighted by Crippen LogP contribution is 2.27. The minimum atomic E-state index is -4.16. The van der Waals surface area contributed by atoms with Gasteiger partial charge >= 0.3 is 6.18 Å². The third kappa shape index (κ3) is 5.50. The van der Waals surface area contributed by atoms with Crippen LogP contribution in [0.3, 0.4) is 0 Å². The summed E-state index contributed by atoms with van der Waals surface area (Å²) in [5, 5.41) is 2.92. The Kier molecular flexibility index (Phi) is 5.59. The Labute approximate surface area is 117 Å². The Morgan fingerprint density at radius 3 is 2.45 bits per heavy atom. The van der Waals surface area contributed by atoms with E-state index in [9.17, 15) is 21.6 Å². The molecule has 0 radical (unpaired) electrons. The fourth-order valence-electron chi connectivity index (χ4n) is 1.95. The summed E-state index contributed by atoms with van der Waals surface area (Å²) in [5.74, 6) is 0. The van der Waals surface area contributed by atoms with E-state index in [0.717, 1.165) is 6.26 Å². The number of rotatable bonds is 6. The van der Waals surface area contributed by atoms with Crippen molar-refractivity contribution in [3.63, 3.8) is 0 Å². The van der Waals surface area contributed by atoms with Gasteiger partial charge in [0.15, 0.2) is 9.84 Å². The molecular weight excluding hydrogens is 291 g/mol. The van der Waals surface area contributed by atoms with E-state index in [0.29, 0.717) is 12.0 Å². The average Bonchev–Trinajstić information content (AvgIpc) is 2.32. The molecule has 0 aliphatic heterocycles. The van der Waals surface area contributed by atoms with Crippen molar-refractivity contribution in [3.8, 4) is 0 Å². The van der Waals surface area contributed by atoms with Crippen molar-refractivity contribution in [2.24, 2.45) is 0 Å². The molecule has 0 aliphatic rings. The van der Waals surface area contributed by atoms with Gasteiger partial charge in [-0.25, -0.2) is 8.42 Å². The maximum atomic E-state index is 12.1.